The Kier molecular flexibility index (Phi) is 2.67. The van der Waals surface area contributed by atoms with E-state index in [4.69, 9.17) is 0 Å². The first-order chi connectivity index (χ1) is 9.90. The van der Waals surface area contributed by atoms with Crippen LogP contribution in [0.4, 0.5) is 0 Å². The molecule has 0 nitrogen and oxygen atoms in total. The second-order valence-corrected chi connectivity index (χ2v) is 5.44. The molecule has 3 aromatic carbocycles. The lowest BCUT2D eigenvalue weighted by Gasteiger charge is -2.10. The van der Waals surface area contributed by atoms with Gasteiger partial charge in [0.2, 0.25) is 0 Å². The third kappa shape index (κ3) is 1.94. The van der Waals surface area contributed by atoms with E-state index < -0.39 is 0 Å². The van der Waals surface area contributed by atoms with Crippen LogP contribution in [0.5, 0.6) is 0 Å². The molecule has 0 atom stereocenters. The van der Waals surface area contributed by atoms with Crippen molar-refractivity contribution < 1.29 is 0 Å². The summed E-state index contributed by atoms with van der Waals surface area (Å²) in [5.74, 6) is 0. The summed E-state index contributed by atoms with van der Waals surface area (Å²) in [7, 11) is 0. The average Bonchev–Trinajstić information content (AvgIpc) is 2.56. The molecule has 0 aliphatic heterocycles. The topological polar surface area (TPSA) is 0 Å². The molecule has 0 N–H and O–H groups in total. The van der Waals surface area contributed by atoms with Gasteiger partial charge in [0.15, 0.2) is 0 Å². The summed E-state index contributed by atoms with van der Waals surface area (Å²) < 4.78 is 0. The monoisotopic (exact) mass is 256 g/mol. The van der Waals surface area contributed by atoms with E-state index in [1.54, 1.807) is 0 Å². The van der Waals surface area contributed by atoms with Crippen molar-refractivity contribution in [3.05, 3.63) is 83.9 Å². The lowest BCUT2D eigenvalue weighted by atomic mass is 9.94. The van der Waals surface area contributed by atoms with Crippen molar-refractivity contribution in [1.29, 1.82) is 0 Å². The van der Waals surface area contributed by atoms with Crippen LogP contribution in [0, 0.1) is 0 Å². The van der Waals surface area contributed by atoms with Crippen LogP contribution in [0.3, 0.4) is 0 Å². The smallest absolute Gasteiger partial charge is 0.0105 e. The molecule has 20 heavy (non-hydrogen) atoms. The first-order valence-electron chi connectivity index (χ1n) is 7.18. The van der Waals surface area contributed by atoms with Gasteiger partial charge in [-0.15, -0.1) is 0 Å². The van der Waals surface area contributed by atoms with Crippen LogP contribution in [-0.2, 0) is 12.8 Å². The van der Waals surface area contributed by atoms with Gasteiger partial charge in [-0.2, -0.15) is 0 Å². The fourth-order valence-corrected chi connectivity index (χ4v) is 3.02. The van der Waals surface area contributed by atoms with E-state index in [-0.39, 0.29) is 0 Å². The molecule has 2 aliphatic rings. The Morgan fingerprint density at radius 2 is 1.20 bits per heavy atom. The van der Waals surface area contributed by atoms with Crippen LogP contribution in [0.1, 0.15) is 11.1 Å². The van der Waals surface area contributed by atoms with Crippen LogP contribution in [0.25, 0.3) is 22.3 Å². The number of hydrogen-bond acceptors (Lipinski definition) is 0. The van der Waals surface area contributed by atoms with Crippen molar-refractivity contribution in [3.63, 3.8) is 0 Å². The maximum atomic E-state index is 2.34. The molecule has 0 radical (unpaired) electrons. The molecule has 2 aliphatic carbocycles. The lowest BCUT2D eigenvalue weighted by Crippen LogP contribution is -1.90. The maximum absolute atomic E-state index is 2.34. The number of benzene rings is 3. The van der Waals surface area contributed by atoms with Gasteiger partial charge in [-0.25, -0.2) is 0 Å². The van der Waals surface area contributed by atoms with Crippen LogP contribution in [-0.4, -0.2) is 0 Å². The van der Waals surface area contributed by atoms with Crippen molar-refractivity contribution in [2.45, 2.75) is 12.8 Å². The minimum Gasteiger partial charge on any atom is -0.0616 e. The van der Waals surface area contributed by atoms with E-state index in [2.05, 4.69) is 72.8 Å². The van der Waals surface area contributed by atoms with Gasteiger partial charge in [-0.05, 0) is 46.2 Å². The van der Waals surface area contributed by atoms with Crippen LogP contribution in [0.2, 0.25) is 0 Å². The van der Waals surface area contributed by atoms with Crippen molar-refractivity contribution in [2.24, 2.45) is 0 Å². The highest BCUT2D eigenvalue weighted by molar-refractivity contribution is 5.83. The summed E-state index contributed by atoms with van der Waals surface area (Å²) in [6.07, 6.45) is 2.22. The molecule has 96 valence electrons. The summed E-state index contributed by atoms with van der Waals surface area (Å²) in [5, 5.41) is 0. The molecule has 0 saturated heterocycles. The van der Waals surface area contributed by atoms with E-state index >= 15 is 0 Å². The summed E-state index contributed by atoms with van der Waals surface area (Å²) >= 11 is 0. The fraction of sp³-hybridized carbons (Fsp3) is 0.100. The third-order valence-electron chi connectivity index (χ3n) is 4.13. The van der Waals surface area contributed by atoms with Crippen LogP contribution in [0.15, 0.2) is 72.8 Å². The Balaban J connectivity index is 2.03. The number of rotatable bonds is 0. The van der Waals surface area contributed by atoms with Crippen molar-refractivity contribution >= 4 is 0 Å². The Labute approximate surface area is 119 Å². The molecular formula is C20H16. The summed E-state index contributed by atoms with van der Waals surface area (Å²) in [4.78, 5) is 0. The van der Waals surface area contributed by atoms with E-state index in [9.17, 15) is 0 Å². The Morgan fingerprint density at radius 1 is 0.500 bits per heavy atom. The molecule has 0 aromatic heterocycles. The summed E-state index contributed by atoms with van der Waals surface area (Å²) in [6.45, 7) is 0. The zero-order valence-corrected chi connectivity index (χ0v) is 11.3. The number of aryl methyl sites for hydroxylation is 2. The zero-order valence-electron chi connectivity index (χ0n) is 11.3. The van der Waals surface area contributed by atoms with Gasteiger partial charge < -0.3 is 0 Å². The maximum Gasteiger partial charge on any atom is -0.0105 e. The molecule has 3 aromatic rings. The van der Waals surface area contributed by atoms with Crippen LogP contribution < -0.4 is 0 Å². The van der Waals surface area contributed by atoms with Gasteiger partial charge >= 0.3 is 0 Å². The average molecular weight is 256 g/mol. The Hall–Kier alpha value is -2.34. The molecule has 0 fully saturated rings. The predicted molar refractivity (Wildman–Crippen MR) is 84.7 cm³/mol. The molecule has 0 spiro atoms. The normalized spacial score (nSPS) is 12.6. The first kappa shape index (κ1) is 11.5. The van der Waals surface area contributed by atoms with Crippen molar-refractivity contribution in [1.82, 2.24) is 0 Å². The first-order valence-corrected chi connectivity index (χ1v) is 7.18. The summed E-state index contributed by atoms with van der Waals surface area (Å²) in [5.41, 5.74) is 8.10. The fourth-order valence-electron chi connectivity index (χ4n) is 3.02. The van der Waals surface area contributed by atoms with Gasteiger partial charge in [0, 0.05) is 0 Å². The highest BCUT2D eigenvalue weighted by Gasteiger charge is 2.09. The quantitative estimate of drug-likeness (QED) is 0.523. The van der Waals surface area contributed by atoms with Gasteiger partial charge in [-0.1, -0.05) is 72.8 Å². The minimum absolute atomic E-state index is 1.11. The molecule has 0 unspecified atom stereocenters. The Morgan fingerprint density at radius 3 is 2.00 bits per heavy atom. The molecule has 0 amide bonds. The highest BCUT2D eigenvalue weighted by atomic mass is 14.1. The minimum atomic E-state index is 1.11. The van der Waals surface area contributed by atoms with Gasteiger partial charge in [0.25, 0.3) is 0 Å². The van der Waals surface area contributed by atoms with E-state index in [0.717, 1.165) is 12.8 Å². The summed E-state index contributed by atoms with van der Waals surface area (Å²) in [6, 6.07) is 26.7. The second-order valence-electron chi connectivity index (χ2n) is 5.44. The highest BCUT2D eigenvalue weighted by Crippen LogP contribution is 2.33. The van der Waals surface area contributed by atoms with E-state index in [1.807, 2.05) is 0 Å². The molecule has 5 rings (SSSR count). The number of hydrogen-bond donors (Lipinski definition) is 0. The standard InChI is InChI=1S/C20H16/c1-2-7-20-18-5-3-4-16(14-18)9-8-15-10-12-17(13-11-15)19(20)6-1/h1-7,10-14H,8-9H2. The SMILES string of the molecule is c1cc2cc(c1)-c1ccccc1-c1ccc(cc1)CC2. The predicted octanol–water partition coefficient (Wildman–Crippen LogP) is 5.12. The molecule has 0 heterocycles. The number of fused-ring (bicyclic) bond motifs is 3. The van der Waals surface area contributed by atoms with Crippen molar-refractivity contribution in [2.75, 3.05) is 0 Å². The Bertz CT molecular complexity index is 751. The van der Waals surface area contributed by atoms with Gasteiger partial charge in [0.1, 0.15) is 0 Å². The van der Waals surface area contributed by atoms with Crippen LogP contribution >= 0.6 is 0 Å². The molecule has 4 bridgehead atoms. The van der Waals surface area contributed by atoms with E-state index in [1.165, 1.54) is 33.4 Å². The van der Waals surface area contributed by atoms with E-state index in [0.29, 0.717) is 0 Å². The van der Waals surface area contributed by atoms with Crippen molar-refractivity contribution in [3.8, 4) is 22.3 Å². The third-order valence-corrected chi connectivity index (χ3v) is 4.13. The molecule has 0 heteroatoms. The van der Waals surface area contributed by atoms with Gasteiger partial charge in [-0.3, -0.25) is 0 Å². The molecule has 0 saturated carbocycles. The lowest BCUT2D eigenvalue weighted by molar-refractivity contribution is 0.961. The van der Waals surface area contributed by atoms with Gasteiger partial charge in [0.05, 0.1) is 0 Å². The molecular weight excluding hydrogens is 240 g/mol. The zero-order chi connectivity index (χ0) is 13.4. The largest absolute Gasteiger partial charge is 0.0616 e. The second kappa shape index (κ2) is 4.64.